The van der Waals surface area contributed by atoms with Gasteiger partial charge in [-0.1, -0.05) is 17.7 Å². The van der Waals surface area contributed by atoms with E-state index in [9.17, 15) is 4.79 Å². The van der Waals surface area contributed by atoms with Crippen molar-refractivity contribution in [2.75, 3.05) is 0 Å². The van der Waals surface area contributed by atoms with Gasteiger partial charge in [-0.3, -0.25) is 14.3 Å². The summed E-state index contributed by atoms with van der Waals surface area (Å²) in [5.41, 5.74) is 5.57. The lowest BCUT2D eigenvalue weighted by Crippen LogP contribution is -2.00. The van der Waals surface area contributed by atoms with E-state index < -0.39 is 0 Å². The molecule has 4 nitrogen and oxygen atoms in total. The predicted molar refractivity (Wildman–Crippen MR) is 78.5 cm³/mol. The normalized spacial score (nSPS) is 10.9. The van der Waals surface area contributed by atoms with Gasteiger partial charge in [0.15, 0.2) is 12.1 Å². The molecular formula is C16H15N3O. The molecule has 0 amide bonds. The van der Waals surface area contributed by atoms with Gasteiger partial charge in [0.25, 0.3) is 0 Å². The Balaban J connectivity index is 2.38. The lowest BCUT2D eigenvalue weighted by molar-refractivity contribution is 0.111. The van der Waals surface area contributed by atoms with Gasteiger partial charge in [0.2, 0.25) is 0 Å². The third-order valence-electron chi connectivity index (χ3n) is 3.37. The van der Waals surface area contributed by atoms with Crippen molar-refractivity contribution in [3.63, 3.8) is 0 Å². The molecular weight excluding hydrogens is 250 g/mol. The van der Waals surface area contributed by atoms with Crippen LogP contribution in [0.1, 0.15) is 27.6 Å². The number of carbonyl (C=O) groups excluding carboxylic acids is 1. The number of fused-ring (bicyclic) bond motifs is 1. The molecule has 4 heteroatoms. The van der Waals surface area contributed by atoms with Gasteiger partial charge in [-0.15, -0.1) is 0 Å². The summed E-state index contributed by atoms with van der Waals surface area (Å²) in [6.45, 7) is 5.89. The molecule has 0 fully saturated rings. The zero-order valence-electron chi connectivity index (χ0n) is 11.7. The summed E-state index contributed by atoms with van der Waals surface area (Å²) in [6.07, 6.45) is 0.786. The summed E-state index contributed by atoms with van der Waals surface area (Å²) in [7, 11) is 0. The maximum Gasteiger partial charge on any atom is 0.185 e. The molecule has 3 rings (SSSR count). The Morgan fingerprint density at radius 3 is 2.40 bits per heavy atom. The van der Waals surface area contributed by atoms with Crippen LogP contribution in [0, 0.1) is 20.8 Å². The first-order chi connectivity index (χ1) is 9.60. The summed E-state index contributed by atoms with van der Waals surface area (Å²) in [4.78, 5) is 20.1. The average Bonchev–Trinajstić information content (AvgIpc) is 2.78. The van der Waals surface area contributed by atoms with Crippen LogP contribution in [0.5, 0.6) is 0 Å². The lowest BCUT2D eigenvalue weighted by atomic mass is 10.2. The largest absolute Gasteiger partial charge is 0.294 e. The first-order valence-electron chi connectivity index (χ1n) is 6.49. The van der Waals surface area contributed by atoms with Crippen molar-refractivity contribution < 1.29 is 4.79 Å². The smallest absolute Gasteiger partial charge is 0.185 e. The summed E-state index contributed by atoms with van der Waals surface area (Å²) in [5, 5.41) is 0. The number of aromatic nitrogens is 3. The molecule has 0 N–H and O–H groups in total. The number of nitrogens with zero attached hydrogens (tertiary/aromatic N) is 3. The number of imidazole rings is 1. The van der Waals surface area contributed by atoms with Crippen LogP contribution in [0.25, 0.3) is 16.7 Å². The average molecular weight is 265 g/mol. The number of hydrogen-bond acceptors (Lipinski definition) is 3. The number of benzene rings is 1. The molecule has 0 aliphatic rings. The molecule has 0 bridgehead atoms. The quantitative estimate of drug-likeness (QED) is 0.669. The summed E-state index contributed by atoms with van der Waals surface area (Å²) >= 11 is 0. The molecule has 0 saturated heterocycles. The number of pyridine rings is 1. The van der Waals surface area contributed by atoms with Crippen molar-refractivity contribution in [3.8, 4) is 5.69 Å². The van der Waals surface area contributed by atoms with Gasteiger partial charge in [0, 0.05) is 11.4 Å². The minimum Gasteiger partial charge on any atom is -0.294 e. The molecule has 1 aromatic carbocycles. The third-order valence-corrected chi connectivity index (χ3v) is 3.37. The lowest BCUT2D eigenvalue weighted by Gasteiger charge is -2.07. The van der Waals surface area contributed by atoms with Crippen molar-refractivity contribution in [1.82, 2.24) is 14.5 Å². The first kappa shape index (κ1) is 12.5. The van der Waals surface area contributed by atoms with Crippen molar-refractivity contribution in [3.05, 3.63) is 53.1 Å². The topological polar surface area (TPSA) is 47.8 Å². The maximum absolute atomic E-state index is 11.3. The highest BCUT2D eigenvalue weighted by atomic mass is 16.1. The van der Waals surface area contributed by atoms with Gasteiger partial charge in [0.05, 0.1) is 11.2 Å². The van der Waals surface area contributed by atoms with Gasteiger partial charge in [0.1, 0.15) is 5.52 Å². The number of carbonyl (C=O) groups is 1. The van der Waals surface area contributed by atoms with Crippen LogP contribution in [0.15, 0.2) is 30.3 Å². The van der Waals surface area contributed by atoms with Crippen LogP contribution in [0.3, 0.4) is 0 Å². The Kier molecular flexibility index (Phi) is 2.86. The van der Waals surface area contributed by atoms with Crippen molar-refractivity contribution in [1.29, 1.82) is 0 Å². The minimum absolute atomic E-state index is 0.402. The van der Waals surface area contributed by atoms with Gasteiger partial charge in [-0.2, -0.15) is 0 Å². The molecule has 0 unspecified atom stereocenters. The zero-order valence-corrected chi connectivity index (χ0v) is 11.7. The Morgan fingerprint density at radius 2 is 1.75 bits per heavy atom. The monoisotopic (exact) mass is 265 g/mol. The van der Waals surface area contributed by atoms with Gasteiger partial charge in [-0.25, -0.2) is 4.98 Å². The number of hydrogen-bond donors (Lipinski definition) is 0. The summed E-state index contributed by atoms with van der Waals surface area (Å²) in [6, 6.07) is 10.00. The molecule has 2 aromatic heterocycles. The van der Waals surface area contributed by atoms with Crippen LogP contribution in [0.2, 0.25) is 0 Å². The molecule has 100 valence electrons. The third kappa shape index (κ3) is 1.90. The van der Waals surface area contributed by atoms with Gasteiger partial charge >= 0.3 is 0 Å². The standard InChI is InChI=1S/C16H15N3O/c1-10-4-6-13(7-5-10)19-14-8-11(2)17-12(3)16(14)18-15(19)9-20/h4-9H,1-3H3. The van der Waals surface area contributed by atoms with Crippen molar-refractivity contribution in [2.24, 2.45) is 0 Å². The SMILES string of the molecule is Cc1ccc(-n2c(C=O)nc3c(C)nc(C)cc32)cc1. The van der Waals surface area contributed by atoms with E-state index in [1.54, 1.807) is 0 Å². The fraction of sp³-hybridized carbons (Fsp3) is 0.188. The minimum atomic E-state index is 0.402. The van der Waals surface area contributed by atoms with E-state index in [1.165, 1.54) is 5.56 Å². The zero-order chi connectivity index (χ0) is 14.3. The number of aldehydes is 1. The van der Waals surface area contributed by atoms with E-state index >= 15 is 0 Å². The fourth-order valence-electron chi connectivity index (χ4n) is 2.44. The first-order valence-corrected chi connectivity index (χ1v) is 6.49. The van der Waals surface area contributed by atoms with E-state index in [-0.39, 0.29) is 0 Å². The van der Waals surface area contributed by atoms with E-state index in [0.717, 1.165) is 34.4 Å². The van der Waals surface area contributed by atoms with Crippen LogP contribution < -0.4 is 0 Å². The molecule has 0 aliphatic carbocycles. The van der Waals surface area contributed by atoms with Crippen LogP contribution in [-0.4, -0.2) is 20.8 Å². The van der Waals surface area contributed by atoms with Crippen LogP contribution in [0.4, 0.5) is 0 Å². The molecule has 2 heterocycles. The molecule has 0 atom stereocenters. The van der Waals surface area contributed by atoms with E-state index in [1.807, 2.05) is 55.7 Å². The second kappa shape index (κ2) is 4.56. The highest BCUT2D eigenvalue weighted by Crippen LogP contribution is 2.23. The Bertz CT molecular complexity index is 801. The molecule has 3 aromatic rings. The summed E-state index contributed by atoms with van der Waals surface area (Å²) in [5.74, 6) is 0.402. The van der Waals surface area contributed by atoms with E-state index in [2.05, 4.69) is 9.97 Å². The number of rotatable bonds is 2. The van der Waals surface area contributed by atoms with Crippen molar-refractivity contribution >= 4 is 17.3 Å². The summed E-state index contributed by atoms with van der Waals surface area (Å²) < 4.78 is 1.88. The number of aryl methyl sites for hydroxylation is 3. The van der Waals surface area contributed by atoms with Gasteiger partial charge < -0.3 is 0 Å². The van der Waals surface area contributed by atoms with Crippen molar-refractivity contribution in [2.45, 2.75) is 20.8 Å². The molecule has 0 spiro atoms. The van der Waals surface area contributed by atoms with E-state index in [0.29, 0.717) is 5.82 Å². The second-order valence-corrected chi connectivity index (χ2v) is 4.98. The maximum atomic E-state index is 11.3. The second-order valence-electron chi connectivity index (χ2n) is 4.98. The fourth-order valence-corrected chi connectivity index (χ4v) is 2.44. The highest BCUT2D eigenvalue weighted by molar-refractivity contribution is 5.86. The van der Waals surface area contributed by atoms with Crippen LogP contribution >= 0.6 is 0 Å². The molecule has 0 saturated carbocycles. The molecule has 0 aliphatic heterocycles. The Labute approximate surface area is 117 Å². The van der Waals surface area contributed by atoms with Gasteiger partial charge in [-0.05, 0) is 39.0 Å². The molecule has 20 heavy (non-hydrogen) atoms. The highest BCUT2D eigenvalue weighted by Gasteiger charge is 2.14. The van der Waals surface area contributed by atoms with Crippen LogP contribution in [-0.2, 0) is 0 Å². The Morgan fingerprint density at radius 1 is 1.05 bits per heavy atom. The Hall–Kier alpha value is -2.49. The predicted octanol–water partition coefficient (Wildman–Crippen LogP) is 3.16. The molecule has 0 radical (unpaired) electrons. The van der Waals surface area contributed by atoms with E-state index in [4.69, 9.17) is 0 Å².